The summed E-state index contributed by atoms with van der Waals surface area (Å²) in [7, 11) is 0. The van der Waals surface area contributed by atoms with Crippen molar-refractivity contribution < 1.29 is 4.39 Å². The second-order valence-corrected chi connectivity index (χ2v) is 5.24. The van der Waals surface area contributed by atoms with Gasteiger partial charge < -0.3 is 5.32 Å². The topological polar surface area (TPSA) is 24.9 Å². The molecule has 2 nitrogen and oxygen atoms in total. The lowest BCUT2D eigenvalue weighted by molar-refractivity contribution is 0.613. The molecule has 0 saturated carbocycles. The summed E-state index contributed by atoms with van der Waals surface area (Å²) >= 11 is 7.53. The molecule has 0 unspecified atom stereocenters. The summed E-state index contributed by atoms with van der Waals surface area (Å²) in [5, 5.41) is 6.54. The molecule has 96 valence electrons. The first-order chi connectivity index (χ1) is 8.70. The highest BCUT2D eigenvalue weighted by atomic mass is 35.5. The number of nitrogens with one attached hydrogen (secondary N) is 1. The van der Waals surface area contributed by atoms with Crippen LogP contribution in [0.2, 0.25) is 5.02 Å². The van der Waals surface area contributed by atoms with E-state index in [1.54, 1.807) is 12.1 Å². The van der Waals surface area contributed by atoms with E-state index in [2.05, 4.69) is 10.3 Å². The number of halogens is 2. The van der Waals surface area contributed by atoms with Crippen molar-refractivity contribution in [1.29, 1.82) is 0 Å². The summed E-state index contributed by atoms with van der Waals surface area (Å²) in [5.41, 5.74) is 1.51. The maximum atomic E-state index is 13.6. The van der Waals surface area contributed by atoms with Crippen LogP contribution >= 0.6 is 22.9 Å². The number of thiazole rings is 1. The fraction of sp³-hybridized carbons (Fsp3) is 0.308. The normalized spacial score (nSPS) is 10.8. The van der Waals surface area contributed by atoms with Crippen LogP contribution in [0.15, 0.2) is 23.6 Å². The van der Waals surface area contributed by atoms with Crippen molar-refractivity contribution in [2.24, 2.45) is 0 Å². The third-order valence-corrected chi connectivity index (χ3v) is 3.80. The van der Waals surface area contributed by atoms with Crippen LogP contribution < -0.4 is 5.32 Å². The van der Waals surface area contributed by atoms with Crippen LogP contribution in [-0.2, 0) is 13.0 Å². The first-order valence-electron chi connectivity index (χ1n) is 5.77. The van der Waals surface area contributed by atoms with Gasteiger partial charge in [0.1, 0.15) is 5.82 Å². The van der Waals surface area contributed by atoms with Gasteiger partial charge in [0.2, 0.25) is 0 Å². The van der Waals surface area contributed by atoms with Gasteiger partial charge in [0.05, 0.1) is 10.7 Å². The number of aromatic nitrogens is 1. The molecule has 0 aliphatic rings. The lowest BCUT2D eigenvalue weighted by Gasteiger charge is -2.03. The van der Waals surface area contributed by atoms with Gasteiger partial charge in [0.25, 0.3) is 0 Å². The third-order valence-electron chi connectivity index (χ3n) is 2.55. The Labute approximate surface area is 115 Å². The van der Waals surface area contributed by atoms with Gasteiger partial charge in [0.15, 0.2) is 0 Å². The quantitative estimate of drug-likeness (QED) is 0.907. The largest absolute Gasteiger partial charge is 0.311 e. The zero-order valence-electron chi connectivity index (χ0n) is 10.0. The van der Waals surface area contributed by atoms with Crippen molar-refractivity contribution in [2.45, 2.75) is 19.9 Å². The van der Waals surface area contributed by atoms with E-state index in [4.69, 9.17) is 11.6 Å². The smallest absolute Gasteiger partial charge is 0.128 e. The highest BCUT2D eigenvalue weighted by Gasteiger charge is 2.10. The van der Waals surface area contributed by atoms with Gasteiger partial charge in [-0.15, -0.1) is 11.3 Å². The first kappa shape index (κ1) is 13.5. The number of benzene rings is 1. The first-order valence-corrected chi connectivity index (χ1v) is 7.03. The summed E-state index contributed by atoms with van der Waals surface area (Å²) in [6, 6.07) is 4.74. The Morgan fingerprint density at radius 3 is 3.00 bits per heavy atom. The van der Waals surface area contributed by atoms with Gasteiger partial charge in [-0.1, -0.05) is 24.6 Å². The minimum absolute atomic E-state index is 0.272. The molecule has 1 heterocycles. The molecule has 0 radical (unpaired) electrons. The van der Waals surface area contributed by atoms with Gasteiger partial charge in [-0.05, 0) is 18.7 Å². The maximum absolute atomic E-state index is 13.6. The van der Waals surface area contributed by atoms with E-state index in [0.29, 0.717) is 17.0 Å². The Morgan fingerprint density at radius 2 is 2.28 bits per heavy atom. The van der Waals surface area contributed by atoms with Gasteiger partial charge >= 0.3 is 0 Å². The van der Waals surface area contributed by atoms with E-state index < -0.39 is 0 Å². The van der Waals surface area contributed by atoms with Crippen LogP contribution in [0.3, 0.4) is 0 Å². The molecule has 0 atom stereocenters. The molecule has 0 saturated heterocycles. The number of rotatable bonds is 5. The zero-order valence-corrected chi connectivity index (χ0v) is 11.6. The van der Waals surface area contributed by atoms with E-state index in [9.17, 15) is 4.39 Å². The molecule has 1 N–H and O–H groups in total. The molecule has 0 fully saturated rings. The second kappa shape index (κ2) is 6.27. The van der Waals surface area contributed by atoms with Crippen LogP contribution in [0.5, 0.6) is 0 Å². The molecule has 1 aromatic carbocycles. The number of hydrogen-bond acceptors (Lipinski definition) is 3. The zero-order chi connectivity index (χ0) is 13.0. The predicted octanol–water partition coefficient (Wildman–Crippen LogP) is 3.64. The van der Waals surface area contributed by atoms with Crippen LogP contribution in [0, 0.1) is 5.82 Å². The predicted molar refractivity (Wildman–Crippen MR) is 73.7 cm³/mol. The van der Waals surface area contributed by atoms with Gasteiger partial charge in [-0.25, -0.2) is 9.37 Å². The van der Waals surface area contributed by atoms with Crippen molar-refractivity contribution in [2.75, 3.05) is 6.54 Å². The highest BCUT2D eigenvalue weighted by Crippen LogP contribution is 2.23. The Kier molecular flexibility index (Phi) is 4.69. The molecule has 0 bridgehead atoms. The SMILES string of the molecule is CCNCc1csc(Cc2c(F)cccc2Cl)n1. The van der Waals surface area contributed by atoms with Crippen LogP contribution in [0.4, 0.5) is 4.39 Å². The molecule has 2 rings (SSSR count). The van der Waals surface area contributed by atoms with Crippen LogP contribution in [-0.4, -0.2) is 11.5 Å². The van der Waals surface area contributed by atoms with Crippen molar-refractivity contribution in [3.63, 3.8) is 0 Å². The lowest BCUT2D eigenvalue weighted by atomic mass is 10.1. The molecule has 2 aromatic rings. The van der Waals surface area contributed by atoms with Crippen molar-refractivity contribution >= 4 is 22.9 Å². The van der Waals surface area contributed by atoms with Crippen LogP contribution in [0.1, 0.15) is 23.2 Å². The molecule has 0 aliphatic carbocycles. The molecule has 5 heteroatoms. The number of nitrogens with zero attached hydrogens (tertiary/aromatic N) is 1. The van der Waals surface area contributed by atoms with E-state index in [1.165, 1.54) is 17.4 Å². The minimum Gasteiger partial charge on any atom is -0.311 e. The fourth-order valence-electron chi connectivity index (χ4n) is 1.62. The number of hydrogen-bond donors (Lipinski definition) is 1. The van der Waals surface area contributed by atoms with Crippen molar-refractivity contribution in [3.05, 3.63) is 50.7 Å². The Bertz CT molecular complexity index is 507. The lowest BCUT2D eigenvalue weighted by Crippen LogP contribution is -2.11. The summed E-state index contributed by atoms with van der Waals surface area (Å²) in [4.78, 5) is 4.46. The summed E-state index contributed by atoms with van der Waals surface area (Å²) < 4.78 is 13.6. The summed E-state index contributed by atoms with van der Waals surface area (Å²) in [5.74, 6) is -0.272. The molecule has 1 aromatic heterocycles. The average molecular weight is 285 g/mol. The van der Waals surface area contributed by atoms with Crippen molar-refractivity contribution in [1.82, 2.24) is 10.3 Å². The fourth-order valence-corrected chi connectivity index (χ4v) is 2.65. The average Bonchev–Trinajstić information content (AvgIpc) is 2.79. The van der Waals surface area contributed by atoms with E-state index in [0.717, 1.165) is 23.8 Å². The summed E-state index contributed by atoms with van der Waals surface area (Å²) in [6.07, 6.45) is 0.447. The van der Waals surface area contributed by atoms with E-state index in [1.807, 2.05) is 12.3 Å². The third kappa shape index (κ3) is 3.28. The van der Waals surface area contributed by atoms with Crippen LogP contribution in [0.25, 0.3) is 0 Å². The molecule has 0 spiro atoms. The van der Waals surface area contributed by atoms with Crippen molar-refractivity contribution in [3.8, 4) is 0 Å². The monoisotopic (exact) mass is 284 g/mol. The second-order valence-electron chi connectivity index (χ2n) is 3.89. The Balaban J connectivity index is 2.11. The Hall–Kier alpha value is -0.970. The molecule has 0 amide bonds. The molecule has 18 heavy (non-hydrogen) atoms. The van der Waals surface area contributed by atoms with Gasteiger partial charge in [0, 0.05) is 28.9 Å². The maximum Gasteiger partial charge on any atom is 0.128 e. The van der Waals surface area contributed by atoms with E-state index in [-0.39, 0.29) is 5.82 Å². The minimum atomic E-state index is -0.272. The molecule has 0 aliphatic heterocycles. The van der Waals surface area contributed by atoms with Gasteiger partial charge in [-0.3, -0.25) is 0 Å². The highest BCUT2D eigenvalue weighted by molar-refractivity contribution is 7.09. The Morgan fingerprint density at radius 1 is 1.44 bits per heavy atom. The summed E-state index contributed by atoms with van der Waals surface area (Å²) in [6.45, 7) is 3.70. The standard InChI is InChI=1S/C13H14ClFN2S/c1-2-16-7-9-8-18-13(17-9)6-10-11(14)4-3-5-12(10)15/h3-5,8,16H,2,6-7H2,1H3. The molecular weight excluding hydrogens is 271 g/mol. The van der Waals surface area contributed by atoms with Gasteiger partial charge in [-0.2, -0.15) is 0 Å². The van der Waals surface area contributed by atoms with E-state index >= 15 is 0 Å². The molecular formula is C13H14ClFN2S.